The molecule has 3 nitrogen and oxygen atoms in total. The highest BCUT2D eigenvalue weighted by atomic mass is 35.5. The van der Waals surface area contributed by atoms with Crippen molar-refractivity contribution in [1.29, 1.82) is 0 Å². The fourth-order valence-electron chi connectivity index (χ4n) is 3.44. The van der Waals surface area contributed by atoms with Crippen molar-refractivity contribution in [3.63, 3.8) is 0 Å². The van der Waals surface area contributed by atoms with Gasteiger partial charge >= 0.3 is 0 Å². The van der Waals surface area contributed by atoms with Crippen molar-refractivity contribution in [2.45, 2.75) is 110 Å². The van der Waals surface area contributed by atoms with E-state index in [1.807, 2.05) is 12.1 Å². The van der Waals surface area contributed by atoms with Crippen LogP contribution in [0.2, 0.25) is 5.02 Å². The molecular weight excluding hydrogens is 380 g/mol. The van der Waals surface area contributed by atoms with E-state index < -0.39 is 0 Å². The van der Waals surface area contributed by atoms with Crippen LogP contribution < -0.4 is 5.43 Å². The molecule has 0 aliphatic carbocycles. The van der Waals surface area contributed by atoms with E-state index in [0.717, 1.165) is 18.4 Å². The van der Waals surface area contributed by atoms with Gasteiger partial charge in [-0.15, -0.1) is 0 Å². The van der Waals surface area contributed by atoms with Crippen LogP contribution in [-0.4, -0.2) is 12.1 Å². The largest absolute Gasteiger partial charge is 0.273 e. The fraction of sp³-hybridized carbons (Fsp3) is 0.680. The Hall–Kier alpha value is -1.35. The highest BCUT2D eigenvalue weighted by molar-refractivity contribution is 6.30. The van der Waals surface area contributed by atoms with Gasteiger partial charge in [0.05, 0.1) is 6.21 Å². The second-order valence-corrected chi connectivity index (χ2v) is 8.48. The molecule has 164 valence electrons. The molecule has 1 rings (SSSR count). The molecule has 29 heavy (non-hydrogen) atoms. The lowest BCUT2D eigenvalue weighted by molar-refractivity contribution is -0.121. The van der Waals surface area contributed by atoms with Crippen LogP contribution in [0.25, 0.3) is 0 Å². The number of hydrogen-bond acceptors (Lipinski definition) is 2. The zero-order valence-electron chi connectivity index (χ0n) is 18.4. The van der Waals surface area contributed by atoms with E-state index >= 15 is 0 Å². The third-order valence-corrected chi connectivity index (χ3v) is 5.53. The van der Waals surface area contributed by atoms with E-state index in [1.165, 1.54) is 83.5 Å². The molecule has 1 aromatic rings. The van der Waals surface area contributed by atoms with E-state index in [2.05, 4.69) is 17.5 Å². The summed E-state index contributed by atoms with van der Waals surface area (Å²) < 4.78 is 0. The summed E-state index contributed by atoms with van der Waals surface area (Å²) in [5, 5.41) is 4.69. The maximum Gasteiger partial charge on any atom is 0.240 e. The van der Waals surface area contributed by atoms with Gasteiger partial charge in [0.25, 0.3) is 0 Å². The van der Waals surface area contributed by atoms with Gasteiger partial charge < -0.3 is 0 Å². The Balaban J connectivity index is 1.83. The van der Waals surface area contributed by atoms with Gasteiger partial charge in [0.2, 0.25) is 5.91 Å². The Morgan fingerprint density at radius 1 is 0.793 bits per heavy atom. The minimum Gasteiger partial charge on any atom is -0.273 e. The molecule has 0 fully saturated rings. The normalized spacial score (nSPS) is 11.2. The molecule has 0 aliphatic heterocycles. The lowest BCUT2D eigenvalue weighted by Gasteiger charge is -2.03. The third kappa shape index (κ3) is 16.2. The summed E-state index contributed by atoms with van der Waals surface area (Å²) in [5.74, 6) is -0.00934. The Kier molecular flexibility index (Phi) is 16.5. The van der Waals surface area contributed by atoms with Crippen molar-refractivity contribution in [1.82, 2.24) is 5.43 Å². The Morgan fingerprint density at radius 2 is 1.24 bits per heavy atom. The predicted molar refractivity (Wildman–Crippen MR) is 127 cm³/mol. The zero-order valence-corrected chi connectivity index (χ0v) is 19.2. The first-order chi connectivity index (χ1) is 14.2. The van der Waals surface area contributed by atoms with Gasteiger partial charge in [0.15, 0.2) is 0 Å². The number of carbonyl (C=O) groups is 1. The first kappa shape index (κ1) is 25.7. The average molecular weight is 421 g/mol. The van der Waals surface area contributed by atoms with Crippen molar-refractivity contribution in [3.8, 4) is 0 Å². The molecule has 0 heterocycles. The molecule has 0 saturated carbocycles. The van der Waals surface area contributed by atoms with Crippen LogP contribution >= 0.6 is 11.6 Å². The number of nitrogens with one attached hydrogen (secondary N) is 1. The topological polar surface area (TPSA) is 41.5 Å². The van der Waals surface area contributed by atoms with Gasteiger partial charge in [-0.1, -0.05) is 121 Å². The number of hydrazone groups is 1. The molecule has 0 aromatic heterocycles. The summed E-state index contributed by atoms with van der Waals surface area (Å²) in [6.45, 7) is 2.28. The fourth-order valence-corrected chi connectivity index (χ4v) is 3.57. The lowest BCUT2D eigenvalue weighted by Crippen LogP contribution is -2.16. The molecule has 0 aliphatic rings. The van der Waals surface area contributed by atoms with Crippen LogP contribution in [0.5, 0.6) is 0 Å². The van der Waals surface area contributed by atoms with Crippen molar-refractivity contribution in [2.24, 2.45) is 5.10 Å². The smallest absolute Gasteiger partial charge is 0.240 e. The summed E-state index contributed by atoms with van der Waals surface area (Å²) in [6, 6.07) is 7.35. The summed E-state index contributed by atoms with van der Waals surface area (Å²) in [7, 11) is 0. The second-order valence-electron chi connectivity index (χ2n) is 8.04. The average Bonchev–Trinajstić information content (AvgIpc) is 2.72. The molecule has 1 N–H and O–H groups in total. The number of hydrogen-bond donors (Lipinski definition) is 1. The van der Waals surface area contributed by atoms with Crippen LogP contribution in [-0.2, 0) is 4.79 Å². The Labute approximate surface area is 183 Å². The molecule has 1 aromatic carbocycles. The SMILES string of the molecule is CCCCCCCCCCCCCCCCCC(=O)N/N=C\c1ccc(Cl)cc1. The number of carbonyl (C=O) groups excluding carboxylic acids is 1. The Morgan fingerprint density at radius 3 is 1.72 bits per heavy atom. The third-order valence-electron chi connectivity index (χ3n) is 5.28. The molecule has 0 unspecified atom stereocenters. The van der Waals surface area contributed by atoms with E-state index in [4.69, 9.17) is 11.6 Å². The van der Waals surface area contributed by atoms with Crippen molar-refractivity contribution in [2.75, 3.05) is 0 Å². The zero-order chi connectivity index (χ0) is 21.0. The van der Waals surface area contributed by atoms with Gasteiger partial charge in [-0.3, -0.25) is 4.79 Å². The summed E-state index contributed by atoms with van der Waals surface area (Å²) >= 11 is 5.84. The number of benzene rings is 1. The van der Waals surface area contributed by atoms with Gasteiger partial charge in [-0.2, -0.15) is 5.10 Å². The molecule has 0 spiro atoms. The van der Waals surface area contributed by atoms with Crippen LogP contribution in [0.1, 0.15) is 115 Å². The monoisotopic (exact) mass is 420 g/mol. The first-order valence-electron chi connectivity index (χ1n) is 11.8. The minimum atomic E-state index is -0.00934. The van der Waals surface area contributed by atoms with Gasteiger partial charge in [0.1, 0.15) is 0 Å². The molecule has 4 heteroatoms. The quantitative estimate of drug-likeness (QED) is 0.145. The molecular formula is C25H41ClN2O. The molecule has 1 amide bonds. The summed E-state index contributed by atoms with van der Waals surface area (Å²) in [4.78, 5) is 11.8. The van der Waals surface area contributed by atoms with E-state index in [1.54, 1.807) is 18.3 Å². The van der Waals surface area contributed by atoms with E-state index in [0.29, 0.717) is 11.4 Å². The number of nitrogens with zero attached hydrogens (tertiary/aromatic N) is 1. The van der Waals surface area contributed by atoms with E-state index in [-0.39, 0.29) is 5.91 Å². The Bertz CT molecular complexity index is 542. The molecule has 0 bridgehead atoms. The minimum absolute atomic E-state index is 0.00934. The number of rotatable bonds is 18. The van der Waals surface area contributed by atoms with Crippen LogP contribution in [0.3, 0.4) is 0 Å². The van der Waals surface area contributed by atoms with E-state index in [9.17, 15) is 4.79 Å². The highest BCUT2D eigenvalue weighted by Crippen LogP contribution is 2.13. The number of halogens is 1. The van der Waals surface area contributed by atoms with Crippen molar-refractivity contribution in [3.05, 3.63) is 34.9 Å². The highest BCUT2D eigenvalue weighted by Gasteiger charge is 1.99. The standard InChI is InChI=1S/C25H41ClN2O/c1-2-3-4-5-6-7-8-9-10-11-12-13-14-15-16-17-25(29)28-27-22-23-18-20-24(26)21-19-23/h18-22H,2-17H2,1H3,(H,28,29)/b27-22-. The van der Waals surface area contributed by atoms with Gasteiger partial charge in [-0.05, 0) is 24.1 Å². The maximum absolute atomic E-state index is 11.8. The number of unbranched alkanes of at least 4 members (excludes halogenated alkanes) is 14. The van der Waals surface area contributed by atoms with Gasteiger partial charge in [-0.25, -0.2) is 5.43 Å². The molecule has 0 radical (unpaired) electrons. The van der Waals surface area contributed by atoms with Crippen LogP contribution in [0.15, 0.2) is 29.4 Å². The maximum atomic E-state index is 11.8. The molecule has 0 atom stereocenters. The molecule has 0 saturated heterocycles. The van der Waals surface area contributed by atoms with Crippen molar-refractivity contribution >= 4 is 23.7 Å². The van der Waals surface area contributed by atoms with Crippen molar-refractivity contribution < 1.29 is 4.79 Å². The summed E-state index contributed by atoms with van der Waals surface area (Å²) in [6.07, 6.45) is 22.2. The first-order valence-corrected chi connectivity index (χ1v) is 12.2. The van der Waals surface area contributed by atoms with Gasteiger partial charge in [0, 0.05) is 11.4 Å². The summed E-state index contributed by atoms with van der Waals surface area (Å²) in [5.41, 5.74) is 3.51. The van der Waals surface area contributed by atoms with Crippen LogP contribution in [0, 0.1) is 0 Å². The predicted octanol–water partition coefficient (Wildman–Crippen LogP) is 8.05. The van der Waals surface area contributed by atoms with Crippen LogP contribution in [0.4, 0.5) is 0 Å². The lowest BCUT2D eigenvalue weighted by atomic mass is 10.0. The second kappa shape index (κ2) is 18.7. The number of amides is 1.